The normalized spacial score (nSPS) is 17.8. The molecule has 1 atom stereocenters. The van der Waals surface area contributed by atoms with Gasteiger partial charge in [0.05, 0.1) is 25.2 Å². The highest BCUT2D eigenvalue weighted by atomic mass is 32.2. The van der Waals surface area contributed by atoms with Gasteiger partial charge in [-0.05, 0) is 42.3 Å². The highest BCUT2D eigenvalue weighted by molar-refractivity contribution is 7.89. The van der Waals surface area contributed by atoms with Gasteiger partial charge in [0, 0.05) is 13.1 Å². The minimum atomic E-state index is -3.69. The van der Waals surface area contributed by atoms with Crippen LogP contribution in [-0.4, -0.2) is 38.6 Å². The van der Waals surface area contributed by atoms with Crippen molar-refractivity contribution in [1.29, 1.82) is 0 Å². The summed E-state index contributed by atoms with van der Waals surface area (Å²) in [6.07, 6.45) is -0.927. The van der Waals surface area contributed by atoms with Gasteiger partial charge in [0.25, 0.3) is 0 Å². The lowest BCUT2D eigenvalue weighted by atomic mass is 9.98. The zero-order valence-corrected chi connectivity index (χ0v) is 15.2. The molecule has 1 unspecified atom stereocenters. The lowest BCUT2D eigenvalue weighted by Crippen LogP contribution is -2.38. The molecule has 2 aromatic carbocycles. The van der Waals surface area contributed by atoms with Gasteiger partial charge in [0.15, 0.2) is 11.5 Å². The number of sulfonamides is 1. The summed E-state index contributed by atoms with van der Waals surface area (Å²) < 4.78 is 37.6. The quantitative estimate of drug-likeness (QED) is 0.902. The summed E-state index contributed by atoms with van der Waals surface area (Å²) in [4.78, 5) is 0.217. The predicted molar refractivity (Wildman–Crippen MR) is 93.3 cm³/mol. The van der Waals surface area contributed by atoms with Crippen molar-refractivity contribution in [3.8, 4) is 11.5 Å². The summed E-state index contributed by atoms with van der Waals surface area (Å²) in [5.74, 6) is 1.01. The van der Waals surface area contributed by atoms with Crippen LogP contribution in [0.3, 0.4) is 0 Å². The number of aliphatic hydroxyl groups excluding tert-OH is 1. The summed E-state index contributed by atoms with van der Waals surface area (Å²) in [7, 11) is -0.649. The number of methoxy groups -OCH3 is 2. The van der Waals surface area contributed by atoms with Gasteiger partial charge in [-0.2, -0.15) is 4.31 Å². The largest absolute Gasteiger partial charge is 0.493 e. The monoisotopic (exact) mass is 363 g/mol. The number of nitrogens with zero attached hydrogens (tertiary/aromatic N) is 1. The summed E-state index contributed by atoms with van der Waals surface area (Å²) in [5.41, 5.74) is 2.35. The van der Waals surface area contributed by atoms with Crippen LogP contribution in [0.5, 0.6) is 11.5 Å². The molecule has 1 aliphatic heterocycles. The fraction of sp³-hybridized carbons (Fsp3) is 0.333. The van der Waals surface area contributed by atoms with E-state index in [4.69, 9.17) is 9.47 Å². The summed E-state index contributed by atoms with van der Waals surface area (Å²) >= 11 is 0. The second-order valence-electron chi connectivity index (χ2n) is 6.03. The first-order valence-electron chi connectivity index (χ1n) is 7.86. The third kappa shape index (κ3) is 3.22. The van der Waals surface area contributed by atoms with Crippen LogP contribution in [0.25, 0.3) is 0 Å². The Kier molecular flexibility index (Phi) is 4.73. The number of rotatable bonds is 4. The summed E-state index contributed by atoms with van der Waals surface area (Å²) in [5, 5.41) is 10.5. The third-order valence-corrected chi connectivity index (χ3v) is 6.21. The van der Waals surface area contributed by atoms with Crippen molar-refractivity contribution >= 4 is 10.0 Å². The van der Waals surface area contributed by atoms with Crippen LogP contribution in [0.2, 0.25) is 0 Å². The van der Waals surface area contributed by atoms with E-state index in [1.807, 2.05) is 6.92 Å². The Labute approximate surface area is 147 Å². The average Bonchev–Trinajstić information content (AvgIpc) is 2.60. The Morgan fingerprint density at radius 2 is 1.68 bits per heavy atom. The number of aryl methyl sites for hydroxylation is 1. The number of ether oxygens (including phenoxy) is 2. The maximum atomic E-state index is 12.9. The van der Waals surface area contributed by atoms with E-state index in [0.717, 1.165) is 5.56 Å². The predicted octanol–water partition coefficient (Wildman–Crippen LogP) is 2.25. The molecule has 0 saturated carbocycles. The molecule has 0 aromatic heterocycles. The molecule has 3 rings (SSSR count). The maximum absolute atomic E-state index is 12.9. The van der Waals surface area contributed by atoms with Crippen molar-refractivity contribution in [1.82, 2.24) is 4.31 Å². The smallest absolute Gasteiger partial charge is 0.243 e. The van der Waals surface area contributed by atoms with Crippen molar-refractivity contribution in [2.24, 2.45) is 0 Å². The summed E-state index contributed by atoms with van der Waals surface area (Å²) in [6.45, 7) is 2.07. The van der Waals surface area contributed by atoms with Gasteiger partial charge in [-0.15, -0.1) is 0 Å². The number of β-amino-alcohol motifs (C(OH)–C–C–N with tert-alkyl or cyclic N) is 1. The Balaban J connectivity index is 1.99. The third-order valence-electron chi connectivity index (χ3n) is 4.39. The lowest BCUT2D eigenvalue weighted by Gasteiger charge is -2.32. The number of hydrogen-bond donors (Lipinski definition) is 1. The Morgan fingerprint density at radius 3 is 2.28 bits per heavy atom. The second kappa shape index (κ2) is 6.67. The Hall–Kier alpha value is -2.09. The molecule has 0 saturated heterocycles. The van der Waals surface area contributed by atoms with Crippen molar-refractivity contribution in [2.45, 2.75) is 24.5 Å². The van der Waals surface area contributed by atoms with E-state index in [0.29, 0.717) is 22.6 Å². The first kappa shape index (κ1) is 17.7. The van der Waals surface area contributed by atoms with Crippen LogP contribution >= 0.6 is 0 Å². The van der Waals surface area contributed by atoms with Crippen LogP contribution < -0.4 is 9.47 Å². The van der Waals surface area contributed by atoms with Gasteiger partial charge in [-0.25, -0.2) is 8.42 Å². The summed E-state index contributed by atoms with van der Waals surface area (Å²) in [6, 6.07) is 10.1. The van der Waals surface area contributed by atoms with Crippen LogP contribution in [0.15, 0.2) is 41.3 Å². The van der Waals surface area contributed by atoms with Crippen molar-refractivity contribution in [3.63, 3.8) is 0 Å². The van der Waals surface area contributed by atoms with Crippen LogP contribution in [0.1, 0.15) is 22.8 Å². The van der Waals surface area contributed by atoms with Crippen LogP contribution in [-0.2, 0) is 16.6 Å². The molecular weight excluding hydrogens is 342 g/mol. The highest BCUT2D eigenvalue weighted by Crippen LogP contribution is 2.38. The second-order valence-corrected chi connectivity index (χ2v) is 7.97. The highest BCUT2D eigenvalue weighted by Gasteiger charge is 2.33. The molecular formula is C18H21NO5S. The van der Waals surface area contributed by atoms with Gasteiger partial charge < -0.3 is 14.6 Å². The minimum absolute atomic E-state index is 0.00130. The molecule has 7 heteroatoms. The maximum Gasteiger partial charge on any atom is 0.243 e. The van der Waals surface area contributed by atoms with E-state index in [9.17, 15) is 13.5 Å². The molecule has 1 aliphatic rings. The molecule has 6 nitrogen and oxygen atoms in total. The number of aliphatic hydroxyl groups is 1. The standard InChI is InChI=1S/C18H21NO5S/c1-12-4-6-14(7-5-12)25(21,22)19-10-13-8-17(23-2)18(24-3)9-15(13)16(20)11-19/h4-9,16,20H,10-11H2,1-3H3. The van der Waals surface area contributed by atoms with Gasteiger partial charge >= 0.3 is 0 Å². The van der Waals surface area contributed by atoms with E-state index >= 15 is 0 Å². The Bertz CT molecular complexity index is 877. The molecule has 0 fully saturated rings. The van der Waals surface area contributed by atoms with Crippen molar-refractivity contribution in [3.05, 3.63) is 53.1 Å². The van der Waals surface area contributed by atoms with Crippen molar-refractivity contribution in [2.75, 3.05) is 20.8 Å². The number of fused-ring (bicyclic) bond motifs is 1. The average molecular weight is 363 g/mol. The molecule has 134 valence electrons. The van der Waals surface area contributed by atoms with Crippen molar-refractivity contribution < 1.29 is 23.0 Å². The molecule has 0 bridgehead atoms. The molecule has 2 aromatic rings. The zero-order chi connectivity index (χ0) is 18.2. The molecule has 1 N–H and O–H groups in total. The fourth-order valence-electron chi connectivity index (χ4n) is 2.97. The van der Waals surface area contributed by atoms with Gasteiger partial charge in [0.2, 0.25) is 10.0 Å². The molecule has 1 heterocycles. The SMILES string of the molecule is COc1cc2c(cc1OC)C(O)CN(S(=O)(=O)c1ccc(C)cc1)C2. The van der Waals surface area contributed by atoms with E-state index in [1.54, 1.807) is 36.4 Å². The van der Waals surface area contributed by atoms with E-state index in [1.165, 1.54) is 18.5 Å². The van der Waals surface area contributed by atoms with Crippen LogP contribution in [0.4, 0.5) is 0 Å². The molecule has 0 radical (unpaired) electrons. The zero-order valence-electron chi connectivity index (χ0n) is 14.4. The van der Waals surface area contributed by atoms with Gasteiger partial charge in [-0.3, -0.25) is 0 Å². The molecule has 0 aliphatic carbocycles. The van der Waals surface area contributed by atoms with E-state index in [2.05, 4.69) is 0 Å². The Morgan fingerprint density at radius 1 is 1.08 bits per heavy atom. The molecule has 25 heavy (non-hydrogen) atoms. The number of hydrogen-bond acceptors (Lipinski definition) is 5. The first-order valence-corrected chi connectivity index (χ1v) is 9.30. The van der Waals surface area contributed by atoms with Crippen LogP contribution in [0, 0.1) is 6.92 Å². The van der Waals surface area contributed by atoms with Gasteiger partial charge in [0.1, 0.15) is 0 Å². The van der Waals surface area contributed by atoms with E-state index in [-0.39, 0.29) is 18.0 Å². The van der Waals surface area contributed by atoms with E-state index < -0.39 is 16.1 Å². The van der Waals surface area contributed by atoms with Gasteiger partial charge in [-0.1, -0.05) is 17.7 Å². The lowest BCUT2D eigenvalue weighted by molar-refractivity contribution is 0.131. The molecule has 0 amide bonds. The topological polar surface area (TPSA) is 76.1 Å². The first-order chi connectivity index (χ1) is 11.9. The minimum Gasteiger partial charge on any atom is -0.493 e. The molecule has 0 spiro atoms. The number of benzene rings is 2. The fourth-order valence-corrected chi connectivity index (χ4v) is 4.40.